The van der Waals surface area contributed by atoms with E-state index in [1.807, 2.05) is 6.92 Å². The molecular formula is C16H23NO4. The summed E-state index contributed by atoms with van der Waals surface area (Å²) in [6, 6.07) is 6.87. The van der Waals surface area contributed by atoms with E-state index in [1.165, 1.54) is 0 Å². The van der Waals surface area contributed by atoms with E-state index in [0.29, 0.717) is 30.9 Å². The van der Waals surface area contributed by atoms with Gasteiger partial charge in [-0.25, -0.2) is 0 Å². The molecule has 116 valence electrons. The van der Waals surface area contributed by atoms with E-state index in [4.69, 9.17) is 9.84 Å². The minimum atomic E-state index is -0.948. The number of anilines is 1. The average molecular weight is 293 g/mol. The molecule has 21 heavy (non-hydrogen) atoms. The highest BCUT2D eigenvalue weighted by Crippen LogP contribution is 2.24. The molecule has 0 aliphatic heterocycles. The maximum absolute atomic E-state index is 11.7. The van der Waals surface area contributed by atoms with Crippen LogP contribution in [0.4, 0.5) is 5.69 Å². The largest absolute Gasteiger partial charge is 0.481 e. The zero-order valence-corrected chi connectivity index (χ0v) is 12.8. The molecule has 0 unspecified atom stereocenters. The number of ether oxygens (including phenoxy) is 1. The van der Waals surface area contributed by atoms with E-state index < -0.39 is 11.4 Å². The SMILES string of the molecule is CCCOCCC(=O)Nc1ccc(C(C)(C)C(=O)O)cc1. The Bertz CT molecular complexity index is 480. The van der Waals surface area contributed by atoms with Gasteiger partial charge in [-0.3, -0.25) is 9.59 Å². The van der Waals surface area contributed by atoms with Crippen LogP contribution < -0.4 is 5.32 Å². The van der Waals surface area contributed by atoms with Crippen molar-refractivity contribution in [3.05, 3.63) is 29.8 Å². The van der Waals surface area contributed by atoms with Gasteiger partial charge in [0.2, 0.25) is 5.91 Å². The number of nitrogens with one attached hydrogen (secondary N) is 1. The Hall–Kier alpha value is -1.88. The fourth-order valence-corrected chi connectivity index (χ4v) is 1.73. The smallest absolute Gasteiger partial charge is 0.313 e. The van der Waals surface area contributed by atoms with Crippen LogP contribution in [0.2, 0.25) is 0 Å². The van der Waals surface area contributed by atoms with E-state index in [2.05, 4.69) is 5.32 Å². The molecule has 1 aromatic rings. The minimum Gasteiger partial charge on any atom is -0.481 e. The quantitative estimate of drug-likeness (QED) is 0.723. The first-order valence-corrected chi connectivity index (χ1v) is 7.09. The second-order valence-electron chi connectivity index (χ2n) is 5.42. The van der Waals surface area contributed by atoms with Gasteiger partial charge in [0.05, 0.1) is 18.4 Å². The molecule has 0 spiro atoms. The number of carbonyl (C=O) groups excluding carboxylic acids is 1. The van der Waals surface area contributed by atoms with Crippen molar-refractivity contribution in [1.29, 1.82) is 0 Å². The molecule has 0 saturated heterocycles. The molecule has 0 aliphatic carbocycles. The van der Waals surface area contributed by atoms with Gasteiger partial charge >= 0.3 is 5.97 Å². The second kappa shape index (κ2) is 7.78. The second-order valence-corrected chi connectivity index (χ2v) is 5.42. The van der Waals surface area contributed by atoms with Crippen molar-refractivity contribution in [2.45, 2.75) is 39.0 Å². The normalized spacial score (nSPS) is 11.2. The molecule has 1 aromatic carbocycles. The number of aliphatic carboxylic acids is 1. The first-order valence-electron chi connectivity index (χ1n) is 7.09. The van der Waals surface area contributed by atoms with Crippen molar-refractivity contribution in [2.75, 3.05) is 18.5 Å². The van der Waals surface area contributed by atoms with Gasteiger partial charge in [-0.05, 0) is 38.0 Å². The summed E-state index contributed by atoms with van der Waals surface area (Å²) in [5, 5.41) is 11.9. The highest BCUT2D eigenvalue weighted by Gasteiger charge is 2.29. The molecule has 0 saturated carbocycles. The van der Waals surface area contributed by atoms with E-state index >= 15 is 0 Å². The van der Waals surface area contributed by atoms with Crippen molar-refractivity contribution in [3.8, 4) is 0 Å². The molecule has 1 amide bonds. The van der Waals surface area contributed by atoms with Gasteiger partial charge in [0, 0.05) is 12.3 Å². The highest BCUT2D eigenvalue weighted by molar-refractivity contribution is 5.90. The van der Waals surface area contributed by atoms with Crippen molar-refractivity contribution in [1.82, 2.24) is 0 Å². The number of carboxylic acids is 1. The molecule has 0 heterocycles. The molecule has 0 fully saturated rings. The minimum absolute atomic E-state index is 0.114. The number of hydrogen-bond donors (Lipinski definition) is 2. The lowest BCUT2D eigenvalue weighted by molar-refractivity contribution is -0.142. The first kappa shape index (κ1) is 17.2. The first-order chi connectivity index (χ1) is 9.87. The lowest BCUT2D eigenvalue weighted by Crippen LogP contribution is -2.28. The van der Waals surface area contributed by atoms with E-state index in [-0.39, 0.29) is 5.91 Å². The maximum atomic E-state index is 11.7. The van der Waals surface area contributed by atoms with Crippen LogP contribution in [0.5, 0.6) is 0 Å². The predicted octanol–water partition coefficient (Wildman–Crippen LogP) is 2.80. The fraction of sp³-hybridized carbons (Fsp3) is 0.500. The molecular weight excluding hydrogens is 270 g/mol. The monoisotopic (exact) mass is 293 g/mol. The number of rotatable bonds is 8. The topological polar surface area (TPSA) is 75.6 Å². The van der Waals surface area contributed by atoms with Crippen LogP contribution in [0.1, 0.15) is 39.2 Å². The summed E-state index contributed by atoms with van der Waals surface area (Å²) in [5.74, 6) is -0.997. The predicted molar refractivity (Wildman–Crippen MR) is 81.5 cm³/mol. The third-order valence-electron chi connectivity index (χ3n) is 3.25. The van der Waals surface area contributed by atoms with Gasteiger partial charge in [0.25, 0.3) is 0 Å². The van der Waals surface area contributed by atoms with Gasteiger partial charge < -0.3 is 15.2 Å². The van der Waals surface area contributed by atoms with Gasteiger partial charge in [-0.1, -0.05) is 19.1 Å². The highest BCUT2D eigenvalue weighted by atomic mass is 16.5. The van der Waals surface area contributed by atoms with Crippen LogP contribution >= 0.6 is 0 Å². The number of amides is 1. The molecule has 0 bridgehead atoms. The van der Waals surface area contributed by atoms with Crippen molar-refractivity contribution in [2.24, 2.45) is 0 Å². The van der Waals surface area contributed by atoms with E-state index in [1.54, 1.807) is 38.1 Å². The molecule has 0 aromatic heterocycles. The summed E-state index contributed by atoms with van der Waals surface area (Å²) in [7, 11) is 0. The number of hydrogen-bond acceptors (Lipinski definition) is 3. The third-order valence-corrected chi connectivity index (χ3v) is 3.25. The van der Waals surface area contributed by atoms with Gasteiger partial charge in [-0.15, -0.1) is 0 Å². The molecule has 1 rings (SSSR count). The molecule has 0 radical (unpaired) electrons. The lowest BCUT2D eigenvalue weighted by atomic mass is 9.85. The van der Waals surface area contributed by atoms with Crippen LogP contribution in [0.3, 0.4) is 0 Å². The van der Waals surface area contributed by atoms with Gasteiger partial charge in [-0.2, -0.15) is 0 Å². The molecule has 0 atom stereocenters. The Morgan fingerprint density at radius 3 is 2.33 bits per heavy atom. The zero-order chi connectivity index (χ0) is 15.9. The Kier molecular flexibility index (Phi) is 6.37. The third kappa shape index (κ3) is 5.19. The van der Waals surface area contributed by atoms with Crippen LogP contribution in [0.15, 0.2) is 24.3 Å². The molecule has 2 N–H and O–H groups in total. The summed E-state index contributed by atoms with van der Waals surface area (Å²) in [4.78, 5) is 22.9. The van der Waals surface area contributed by atoms with Crippen molar-refractivity contribution in [3.63, 3.8) is 0 Å². The Labute approximate surface area is 125 Å². The Morgan fingerprint density at radius 1 is 1.19 bits per heavy atom. The van der Waals surface area contributed by atoms with Gasteiger partial charge in [0.15, 0.2) is 0 Å². The lowest BCUT2D eigenvalue weighted by Gasteiger charge is -2.19. The van der Waals surface area contributed by atoms with Crippen LogP contribution in [-0.4, -0.2) is 30.2 Å². The molecule has 5 heteroatoms. The Balaban J connectivity index is 2.55. The summed E-state index contributed by atoms with van der Waals surface area (Å²) in [6.07, 6.45) is 1.24. The molecule has 5 nitrogen and oxygen atoms in total. The summed E-state index contributed by atoms with van der Waals surface area (Å²) < 4.78 is 5.26. The molecule has 0 aliphatic rings. The van der Waals surface area contributed by atoms with Crippen LogP contribution in [0, 0.1) is 0 Å². The fourth-order valence-electron chi connectivity index (χ4n) is 1.73. The van der Waals surface area contributed by atoms with Crippen LogP contribution in [-0.2, 0) is 19.7 Å². The zero-order valence-electron chi connectivity index (χ0n) is 12.8. The number of carboxylic acid groups (broad SMARTS) is 1. The number of benzene rings is 1. The summed E-state index contributed by atoms with van der Waals surface area (Å²) >= 11 is 0. The maximum Gasteiger partial charge on any atom is 0.313 e. The van der Waals surface area contributed by atoms with E-state index in [9.17, 15) is 9.59 Å². The van der Waals surface area contributed by atoms with Gasteiger partial charge in [0.1, 0.15) is 0 Å². The standard InChI is InChI=1S/C16H23NO4/c1-4-10-21-11-9-14(18)17-13-7-5-12(6-8-13)16(2,3)15(19)20/h5-8H,4,9-11H2,1-3H3,(H,17,18)(H,19,20). The Morgan fingerprint density at radius 2 is 1.81 bits per heavy atom. The van der Waals surface area contributed by atoms with Crippen molar-refractivity contribution < 1.29 is 19.4 Å². The van der Waals surface area contributed by atoms with Crippen molar-refractivity contribution >= 4 is 17.6 Å². The van der Waals surface area contributed by atoms with Crippen LogP contribution in [0.25, 0.3) is 0 Å². The average Bonchev–Trinajstić information content (AvgIpc) is 2.44. The van der Waals surface area contributed by atoms with E-state index in [0.717, 1.165) is 6.42 Å². The summed E-state index contributed by atoms with van der Waals surface area (Å²) in [5.41, 5.74) is 0.399. The summed E-state index contributed by atoms with van der Waals surface area (Å²) in [6.45, 7) is 6.37. The number of carbonyl (C=O) groups is 2.